The van der Waals surface area contributed by atoms with Gasteiger partial charge in [0.05, 0.1) is 5.71 Å². The highest BCUT2D eigenvalue weighted by atomic mass is 32.1. The first-order valence-electron chi connectivity index (χ1n) is 17.9. The van der Waals surface area contributed by atoms with Gasteiger partial charge < -0.3 is 10.2 Å². The number of benzene rings is 1. The van der Waals surface area contributed by atoms with Gasteiger partial charge in [0.2, 0.25) is 0 Å². The molecular weight excluding hydrogens is 617 g/mol. The second-order valence-electron chi connectivity index (χ2n) is 14.7. The molecule has 2 aliphatic carbocycles. The van der Waals surface area contributed by atoms with Gasteiger partial charge >= 0.3 is 0 Å². The molecule has 2 saturated carbocycles. The lowest BCUT2D eigenvalue weighted by Gasteiger charge is -2.37. The first-order chi connectivity index (χ1) is 23.3. The fraction of sp³-hybridized carbons (Fsp3) is 0.526. The Morgan fingerprint density at radius 3 is 2.40 bits per heavy atom. The molecule has 2 aliphatic heterocycles. The molecule has 5 heterocycles. The fourth-order valence-corrected chi connectivity index (χ4v) is 9.83. The second-order valence-corrected chi connectivity index (χ2v) is 15.9. The quantitative estimate of drug-likeness (QED) is 0.237. The van der Waals surface area contributed by atoms with Crippen LogP contribution in [0.5, 0.6) is 0 Å². The van der Waals surface area contributed by atoms with Gasteiger partial charge in [-0.05, 0) is 107 Å². The third kappa shape index (κ3) is 5.65. The number of amides is 1. The Hall–Kier alpha value is -3.92. The maximum absolute atomic E-state index is 12.7. The first kappa shape index (κ1) is 31.4. The average molecular weight is 663 g/mol. The van der Waals surface area contributed by atoms with Crippen molar-refractivity contribution in [2.75, 3.05) is 18.0 Å². The third-order valence-corrected chi connectivity index (χ3v) is 12.8. The van der Waals surface area contributed by atoms with Crippen molar-refractivity contribution in [3.8, 4) is 5.00 Å². The number of hydrogen-bond acceptors (Lipinski definition) is 8. The summed E-state index contributed by atoms with van der Waals surface area (Å²) in [5.41, 5.74) is 6.92. The van der Waals surface area contributed by atoms with E-state index in [0.717, 1.165) is 49.1 Å². The third-order valence-electron chi connectivity index (χ3n) is 11.6. The van der Waals surface area contributed by atoms with E-state index in [1.165, 1.54) is 83.5 Å². The van der Waals surface area contributed by atoms with Gasteiger partial charge in [-0.2, -0.15) is 0 Å². The number of rotatable bonds is 5. The molecule has 1 saturated heterocycles. The summed E-state index contributed by atoms with van der Waals surface area (Å²) in [6, 6.07) is 13.3. The number of aryl methyl sites for hydroxylation is 2. The van der Waals surface area contributed by atoms with Crippen LogP contribution in [0.15, 0.2) is 41.4 Å². The van der Waals surface area contributed by atoms with Crippen molar-refractivity contribution >= 4 is 28.8 Å². The molecule has 8 rings (SSSR count). The minimum atomic E-state index is -0.0938. The molecule has 3 fully saturated rings. The summed E-state index contributed by atoms with van der Waals surface area (Å²) in [6.45, 7) is 10.6. The van der Waals surface area contributed by atoms with Crippen molar-refractivity contribution in [1.29, 1.82) is 0 Å². The summed E-state index contributed by atoms with van der Waals surface area (Å²) < 4.78 is 2.20. The molecule has 48 heavy (non-hydrogen) atoms. The maximum atomic E-state index is 12.7. The largest absolute Gasteiger partial charge is 0.355 e. The van der Waals surface area contributed by atoms with Crippen LogP contribution in [-0.4, -0.2) is 55.7 Å². The molecule has 10 heteroatoms. The number of nitrogens with zero attached hydrogens (tertiary/aromatic N) is 7. The monoisotopic (exact) mass is 662 g/mol. The van der Waals surface area contributed by atoms with Crippen molar-refractivity contribution in [2.45, 2.75) is 110 Å². The van der Waals surface area contributed by atoms with Crippen LogP contribution in [0.4, 0.5) is 5.82 Å². The zero-order valence-electron chi connectivity index (χ0n) is 28.6. The van der Waals surface area contributed by atoms with Gasteiger partial charge in [0, 0.05) is 35.1 Å². The number of carbonyl (C=O) groups excluding carboxylic acids is 1. The van der Waals surface area contributed by atoms with Crippen LogP contribution in [0.25, 0.3) is 5.00 Å². The number of aromatic nitrogens is 5. The Morgan fingerprint density at radius 1 is 0.896 bits per heavy atom. The first-order valence-corrected chi connectivity index (χ1v) is 18.7. The van der Waals surface area contributed by atoms with Crippen LogP contribution in [0.2, 0.25) is 0 Å². The lowest BCUT2D eigenvalue weighted by molar-refractivity contribution is 0.0921. The highest BCUT2D eigenvalue weighted by Gasteiger charge is 2.42. The van der Waals surface area contributed by atoms with E-state index < -0.39 is 0 Å². The number of aliphatic imine (C=N–C) groups is 1. The van der Waals surface area contributed by atoms with E-state index in [9.17, 15) is 4.79 Å². The van der Waals surface area contributed by atoms with E-state index in [-0.39, 0.29) is 18.0 Å². The number of hydrogen-bond donors (Lipinski definition) is 1. The molecule has 1 amide bonds. The van der Waals surface area contributed by atoms with E-state index in [4.69, 9.17) is 4.99 Å². The number of anilines is 1. The van der Waals surface area contributed by atoms with Gasteiger partial charge in [-0.1, -0.05) is 43.5 Å². The van der Waals surface area contributed by atoms with Crippen LogP contribution >= 0.6 is 11.3 Å². The van der Waals surface area contributed by atoms with Crippen LogP contribution in [0.3, 0.4) is 0 Å². The minimum absolute atomic E-state index is 0.0737. The van der Waals surface area contributed by atoms with Crippen molar-refractivity contribution in [3.63, 3.8) is 0 Å². The van der Waals surface area contributed by atoms with E-state index in [0.29, 0.717) is 17.0 Å². The molecule has 0 radical (unpaired) electrons. The summed E-state index contributed by atoms with van der Waals surface area (Å²) in [5, 5.41) is 22.1. The topological polar surface area (TPSA) is 101 Å². The normalized spacial score (nSPS) is 24.2. The molecule has 1 unspecified atom stereocenters. The summed E-state index contributed by atoms with van der Waals surface area (Å²) in [5.74, 6) is 3.19. The Kier molecular flexibility index (Phi) is 8.17. The van der Waals surface area contributed by atoms with Gasteiger partial charge in [-0.25, -0.2) is 0 Å². The van der Waals surface area contributed by atoms with E-state index >= 15 is 0 Å². The van der Waals surface area contributed by atoms with Gasteiger partial charge in [-0.3, -0.25) is 14.4 Å². The van der Waals surface area contributed by atoms with Crippen LogP contribution < -0.4 is 10.2 Å². The molecule has 1 N–H and O–H groups in total. The smallest absolute Gasteiger partial charge is 0.272 e. The Balaban J connectivity index is 0.917. The average Bonchev–Trinajstić information content (AvgIpc) is 3.77. The molecular formula is C38H46N8OS. The highest BCUT2D eigenvalue weighted by Crippen LogP contribution is 2.49. The zero-order valence-corrected chi connectivity index (χ0v) is 29.4. The zero-order chi connectivity index (χ0) is 33.0. The van der Waals surface area contributed by atoms with Crippen molar-refractivity contribution in [1.82, 2.24) is 30.3 Å². The summed E-state index contributed by atoms with van der Waals surface area (Å²) in [6.07, 6.45) is 11.8. The minimum Gasteiger partial charge on any atom is -0.355 e. The summed E-state index contributed by atoms with van der Waals surface area (Å²) >= 11 is 1.81. The van der Waals surface area contributed by atoms with Gasteiger partial charge in [0.1, 0.15) is 16.9 Å². The van der Waals surface area contributed by atoms with E-state index in [1.54, 1.807) is 0 Å². The molecule has 0 bridgehead atoms. The van der Waals surface area contributed by atoms with Crippen molar-refractivity contribution in [2.24, 2.45) is 10.4 Å². The Morgan fingerprint density at radius 2 is 1.67 bits per heavy atom. The van der Waals surface area contributed by atoms with Crippen LogP contribution in [-0.2, 0) is 0 Å². The number of thiophene rings is 1. The molecule has 1 aromatic carbocycles. The predicted molar refractivity (Wildman–Crippen MR) is 191 cm³/mol. The van der Waals surface area contributed by atoms with E-state index in [2.05, 4.69) is 80.2 Å². The lowest BCUT2D eigenvalue weighted by Crippen LogP contribution is -2.36. The summed E-state index contributed by atoms with van der Waals surface area (Å²) in [4.78, 5) is 21.7. The standard InChI is InChI=1S/C38H46N8OS/c1-23-25(3)48-37-33(23)34(39-24(2)35-44-41-26(4)46(35)37)29-12-10-27(11-13-29)28-16-18-38(19-17-28)20-21-45(22-38)32-15-14-31(42-43-32)36(47)40-30-8-6-5-7-9-30/h10-15,24,28,30H,5-9,16-22H2,1-4H3,(H,40,47). The Bertz CT molecular complexity index is 1840. The van der Waals surface area contributed by atoms with Crippen molar-refractivity contribution < 1.29 is 4.79 Å². The number of fused-ring (bicyclic) bond motifs is 3. The van der Waals surface area contributed by atoms with Crippen molar-refractivity contribution in [3.05, 3.63) is 80.9 Å². The van der Waals surface area contributed by atoms with Crippen LogP contribution in [0, 0.1) is 26.2 Å². The van der Waals surface area contributed by atoms with Gasteiger partial charge in [0.15, 0.2) is 17.3 Å². The fourth-order valence-electron chi connectivity index (χ4n) is 8.62. The maximum Gasteiger partial charge on any atom is 0.272 e. The van der Waals surface area contributed by atoms with Gasteiger partial charge in [0.25, 0.3) is 5.91 Å². The number of nitrogens with one attached hydrogen (secondary N) is 1. The van der Waals surface area contributed by atoms with E-state index in [1.807, 2.05) is 30.4 Å². The Labute approximate surface area is 287 Å². The van der Waals surface area contributed by atoms with Crippen LogP contribution in [0.1, 0.15) is 132 Å². The molecule has 1 spiro atoms. The molecule has 4 aromatic rings. The molecule has 250 valence electrons. The molecule has 1 atom stereocenters. The predicted octanol–water partition coefficient (Wildman–Crippen LogP) is 7.57. The highest BCUT2D eigenvalue weighted by molar-refractivity contribution is 7.15. The van der Waals surface area contributed by atoms with Gasteiger partial charge in [-0.15, -0.1) is 31.7 Å². The lowest BCUT2D eigenvalue weighted by atomic mass is 9.68. The molecule has 3 aromatic heterocycles. The molecule has 4 aliphatic rings. The summed E-state index contributed by atoms with van der Waals surface area (Å²) in [7, 11) is 0. The SMILES string of the molecule is Cc1sc2c(c1C)C(c1ccc(C3CCC4(CC3)CCN(c3ccc(C(=O)NC5CCCCC5)nn3)C4)cc1)=NC(C)c1nnc(C)n1-2. The number of carbonyl (C=O) groups is 1. The second kappa shape index (κ2) is 12.5. The molecule has 9 nitrogen and oxygen atoms in total.